The van der Waals surface area contributed by atoms with Gasteiger partial charge in [0.25, 0.3) is 0 Å². The maximum absolute atomic E-state index is 3.58. The quantitative estimate of drug-likeness (QED) is 0.717. The summed E-state index contributed by atoms with van der Waals surface area (Å²) in [5, 5.41) is 4.37. The van der Waals surface area contributed by atoms with Gasteiger partial charge in [0.1, 0.15) is 6.04 Å². The molecule has 1 aliphatic rings. The molecule has 0 fully saturated rings. The topological polar surface area (TPSA) is 15.3 Å². The molecule has 114 valence electrons. The van der Waals surface area contributed by atoms with Crippen LogP contribution in [0.4, 0.5) is 5.69 Å². The fourth-order valence-corrected chi connectivity index (χ4v) is 3.63. The largest absolute Gasteiger partial charge is 0.297 e. The third kappa shape index (κ3) is 2.76. The lowest BCUT2D eigenvalue weighted by molar-refractivity contribution is 0.733. The van der Waals surface area contributed by atoms with Crippen molar-refractivity contribution in [1.29, 1.82) is 0 Å². The average molecular weight is 318 g/mol. The molecule has 2 heterocycles. The molecule has 0 saturated carbocycles. The van der Waals surface area contributed by atoms with E-state index in [1.807, 2.05) is 6.07 Å². The van der Waals surface area contributed by atoms with E-state index in [1.165, 1.54) is 21.7 Å². The third-order valence-electron chi connectivity index (χ3n) is 4.08. The van der Waals surface area contributed by atoms with Gasteiger partial charge in [0.2, 0.25) is 0 Å². The number of benzene rings is 2. The lowest BCUT2D eigenvalue weighted by Gasteiger charge is -2.26. The summed E-state index contributed by atoms with van der Waals surface area (Å²) in [5.74, 6) is 0. The number of para-hydroxylation sites is 1. The molecule has 0 aliphatic carbocycles. The lowest BCUT2D eigenvalue weighted by Crippen LogP contribution is -2.33. The van der Waals surface area contributed by atoms with Gasteiger partial charge < -0.3 is 0 Å². The highest BCUT2D eigenvalue weighted by atomic mass is 32.1. The van der Waals surface area contributed by atoms with E-state index >= 15 is 0 Å². The number of aryl methyl sites for hydroxylation is 1. The molecule has 0 bridgehead atoms. The van der Waals surface area contributed by atoms with Gasteiger partial charge in [0.15, 0.2) is 0 Å². The molecule has 1 unspecified atom stereocenters. The Kier molecular flexibility index (Phi) is 3.64. The van der Waals surface area contributed by atoms with Crippen LogP contribution in [-0.2, 0) is 0 Å². The zero-order chi connectivity index (χ0) is 15.6. The second-order valence-electron chi connectivity index (χ2n) is 5.72. The molecule has 4 rings (SSSR count). The zero-order valence-corrected chi connectivity index (χ0v) is 13.8. The molecule has 1 atom stereocenters. The van der Waals surface area contributed by atoms with Crippen LogP contribution in [0.25, 0.3) is 5.70 Å². The molecule has 2 nitrogen and oxygen atoms in total. The summed E-state index contributed by atoms with van der Waals surface area (Å²) in [6, 6.07) is 23.7. The first-order valence-electron chi connectivity index (χ1n) is 7.74. The SMILES string of the molecule is Cc1ccc(C2=CC(c3cccs3)N(c3ccccc3)N2)cc1. The highest BCUT2D eigenvalue weighted by Crippen LogP contribution is 2.36. The number of anilines is 1. The van der Waals surface area contributed by atoms with Crippen molar-refractivity contribution in [2.75, 3.05) is 5.01 Å². The fraction of sp³-hybridized carbons (Fsp3) is 0.100. The van der Waals surface area contributed by atoms with Crippen molar-refractivity contribution in [2.45, 2.75) is 13.0 Å². The Balaban J connectivity index is 1.73. The van der Waals surface area contributed by atoms with Gasteiger partial charge in [-0.1, -0.05) is 54.1 Å². The van der Waals surface area contributed by atoms with E-state index < -0.39 is 0 Å². The number of thiophene rings is 1. The minimum atomic E-state index is 0.216. The van der Waals surface area contributed by atoms with Gasteiger partial charge in [-0.3, -0.25) is 10.4 Å². The predicted molar refractivity (Wildman–Crippen MR) is 98.3 cm³/mol. The Morgan fingerprint density at radius 1 is 0.913 bits per heavy atom. The Morgan fingerprint density at radius 3 is 2.39 bits per heavy atom. The van der Waals surface area contributed by atoms with Crippen LogP contribution < -0.4 is 10.4 Å². The van der Waals surface area contributed by atoms with E-state index in [-0.39, 0.29) is 6.04 Å². The molecule has 0 spiro atoms. The standard InChI is InChI=1S/C20H18N2S/c1-15-9-11-16(12-10-15)18-14-19(20-8-5-13-23-20)22(21-18)17-6-3-2-4-7-17/h2-14,19,21H,1H3. The summed E-state index contributed by atoms with van der Waals surface area (Å²) in [7, 11) is 0. The Labute approximate surface area is 140 Å². The van der Waals surface area contributed by atoms with E-state index in [0.717, 1.165) is 5.70 Å². The van der Waals surface area contributed by atoms with E-state index in [0.29, 0.717) is 0 Å². The number of nitrogens with one attached hydrogen (secondary N) is 1. The number of rotatable bonds is 3. The minimum absolute atomic E-state index is 0.216. The summed E-state index contributed by atoms with van der Waals surface area (Å²) in [6.45, 7) is 2.12. The fourth-order valence-electron chi connectivity index (χ4n) is 2.85. The maximum Gasteiger partial charge on any atom is 0.105 e. The molecule has 0 amide bonds. The Bertz CT molecular complexity index is 805. The van der Waals surface area contributed by atoms with Crippen LogP contribution in [-0.4, -0.2) is 0 Å². The normalized spacial score (nSPS) is 17.0. The van der Waals surface area contributed by atoms with Crippen LogP contribution in [0.3, 0.4) is 0 Å². The molecule has 3 aromatic rings. The van der Waals surface area contributed by atoms with E-state index in [1.54, 1.807) is 11.3 Å². The summed E-state index contributed by atoms with van der Waals surface area (Å²) in [5.41, 5.74) is 8.41. The molecule has 1 N–H and O–H groups in total. The van der Waals surface area contributed by atoms with Crippen LogP contribution in [0.2, 0.25) is 0 Å². The molecule has 3 heteroatoms. The number of hydrogen-bond acceptors (Lipinski definition) is 3. The minimum Gasteiger partial charge on any atom is -0.297 e. The second-order valence-corrected chi connectivity index (χ2v) is 6.70. The second kappa shape index (κ2) is 5.94. The van der Waals surface area contributed by atoms with Crippen LogP contribution in [0.1, 0.15) is 22.0 Å². The van der Waals surface area contributed by atoms with Gasteiger partial charge in [0, 0.05) is 4.88 Å². The predicted octanol–water partition coefficient (Wildman–Crippen LogP) is 5.16. The summed E-state index contributed by atoms with van der Waals surface area (Å²) in [4.78, 5) is 1.34. The smallest absolute Gasteiger partial charge is 0.105 e. The molecular formula is C20H18N2S. The van der Waals surface area contributed by atoms with Gasteiger partial charge in [0.05, 0.1) is 11.4 Å². The molecule has 1 aliphatic heterocycles. The first kappa shape index (κ1) is 14.1. The summed E-state index contributed by atoms with van der Waals surface area (Å²) < 4.78 is 0. The van der Waals surface area contributed by atoms with Crippen LogP contribution >= 0.6 is 11.3 Å². The number of hydrazine groups is 1. The van der Waals surface area contributed by atoms with Gasteiger partial charge in [-0.05, 0) is 42.1 Å². The van der Waals surface area contributed by atoms with Crippen LogP contribution in [0, 0.1) is 6.92 Å². The Hall–Kier alpha value is -2.52. The summed E-state index contributed by atoms with van der Waals surface area (Å²) in [6.07, 6.45) is 2.31. The molecule has 1 aromatic heterocycles. The van der Waals surface area contributed by atoms with Gasteiger partial charge in [-0.15, -0.1) is 11.3 Å². The average Bonchev–Trinajstić information content (AvgIpc) is 3.26. The monoisotopic (exact) mass is 318 g/mol. The molecule has 0 radical (unpaired) electrons. The van der Waals surface area contributed by atoms with Crippen molar-refractivity contribution < 1.29 is 0 Å². The van der Waals surface area contributed by atoms with Crippen molar-refractivity contribution >= 4 is 22.7 Å². The highest BCUT2D eigenvalue weighted by Gasteiger charge is 2.27. The third-order valence-corrected chi connectivity index (χ3v) is 5.02. The molecular weight excluding hydrogens is 300 g/mol. The summed E-state index contributed by atoms with van der Waals surface area (Å²) >= 11 is 1.79. The van der Waals surface area contributed by atoms with Crippen molar-refractivity contribution in [3.63, 3.8) is 0 Å². The molecule has 23 heavy (non-hydrogen) atoms. The van der Waals surface area contributed by atoms with Crippen LogP contribution in [0.15, 0.2) is 78.2 Å². The van der Waals surface area contributed by atoms with E-state index in [2.05, 4.69) is 89.5 Å². The number of hydrogen-bond donors (Lipinski definition) is 1. The molecule has 2 aromatic carbocycles. The highest BCUT2D eigenvalue weighted by molar-refractivity contribution is 7.10. The van der Waals surface area contributed by atoms with Crippen molar-refractivity contribution in [2.24, 2.45) is 0 Å². The van der Waals surface area contributed by atoms with Crippen molar-refractivity contribution in [3.8, 4) is 0 Å². The zero-order valence-electron chi connectivity index (χ0n) is 12.9. The molecule has 0 saturated heterocycles. The first-order valence-corrected chi connectivity index (χ1v) is 8.62. The van der Waals surface area contributed by atoms with Crippen molar-refractivity contribution in [3.05, 3.63) is 94.2 Å². The van der Waals surface area contributed by atoms with Crippen molar-refractivity contribution in [1.82, 2.24) is 5.43 Å². The van der Waals surface area contributed by atoms with Gasteiger partial charge in [-0.25, -0.2) is 0 Å². The van der Waals surface area contributed by atoms with E-state index in [9.17, 15) is 0 Å². The lowest BCUT2D eigenvalue weighted by atomic mass is 10.1. The van der Waals surface area contributed by atoms with Gasteiger partial charge >= 0.3 is 0 Å². The maximum atomic E-state index is 3.58. The first-order chi connectivity index (χ1) is 11.3. The van der Waals surface area contributed by atoms with E-state index in [4.69, 9.17) is 0 Å². The number of nitrogens with zero attached hydrogens (tertiary/aromatic N) is 1. The van der Waals surface area contributed by atoms with Gasteiger partial charge in [-0.2, -0.15) is 0 Å². The van der Waals surface area contributed by atoms with Crippen LogP contribution in [0.5, 0.6) is 0 Å². The Morgan fingerprint density at radius 2 is 1.70 bits per heavy atom.